The number of fused-ring (bicyclic) bond motifs is 1. The van der Waals surface area contributed by atoms with Gasteiger partial charge in [0.25, 0.3) is 0 Å². The molecule has 0 aliphatic carbocycles. The van der Waals surface area contributed by atoms with Gasteiger partial charge in [-0.1, -0.05) is 24.3 Å². The fourth-order valence-corrected chi connectivity index (χ4v) is 4.11. The van der Waals surface area contributed by atoms with Gasteiger partial charge in [0.15, 0.2) is 0 Å². The van der Waals surface area contributed by atoms with Crippen LogP contribution < -0.4 is 4.90 Å². The molecule has 180 valence electrons. The molecule has 2 aromatic rings. The highest BCUT2D eigenvalue weighted by molar-refractivity contribution is 5.95. The van der Waals surface area contributed by atoms with E-state index < -0.39 is 17.5 Å². The van der Waals surface area contributed by atoms with Crippen molar-refractivity contribution in [1.82, 2.24) is 0 Å². The number of ether oxygens (including phenoxy) is 1. The van der Waals surface area contributed by atoms with E-state index in [1.807, 2.05) is 39.8 Å². The van der Waals surface area contributed by atoms with Crippen molar-refractivity contribution in [2.75, 3.05) is 18.0 Å². The molecule has 0 atom stereocenters. The first kappa shape index (κ1) is 25.2. The van der Waals surface area contributed by atoms with E-state index in [4.69, 9.17) is 4.74 Å². The number of carboxylic acid groups (broad SMARTS) is 1. The average Bonchev–Trinajstić information content (AvgIpc) is 2.77. The van der Waals surface area contributed by atoms with E-state index in [1.165, 1.54) is 6.92 Å². The zero-order valence-electron chi connectivity index (χ0n) is 20.4. The second-order valence-electron chi connectivity index (χ2n) is 9.61. The number of aromatic carboxylic acids is 1. The molecule has 0 saturated carbocycles. The van der Waals surface area contributed by atoms with Gasteiger partial charge in [-0.3, -0.25) is 0 Å². The molecule has 1 aliphatic heterocycles. The Morgan fingerprint density at radius 3 is 2.41 bits per heavy atom. The fourth-order valence-electron chi connectivity index (χ4n) is 4.11. The Labute approximate surface area is 200 Å². The van der Waals surface area contributed by atoms with Gasteiger partial charge in [0.05, 0.1) is 11.1 Å². The van der Waals surface area contributed by atoms with Gasteiger partial charge in [-0.2, -0.15) is 0 Å². The SMILES string of the molecule is C/C(F)=C(\C=C(/C)c1ccccc1C(=O)OC(C)(C)C)CN1CCCc2cc(C(=O)O)ccc21. The van der Waals surface area contributed by atoms with E-state index in [0.29, 0.717) is 23.2 Å². The molecule has 34 heavy (non-hydrogen) atoms. The van der Waals surface area contributed by atoms with E-state index in [2.05, 4.69) is 4.90 Å². The summed E-state index contributed by atoms with van der Waals surface area (Å²) in [7, 11) is 0. The summed E-state index contributed by atoms with van der Waals surface area (Å²) in [6.07, 6.45) is 3.43. The molecule has 3 rings (SSSR count). The lowest BCUT2D eigenvalue weighted by Crippen LogP contribution is -2.31. The van der Waals surface area contributed by atoms with Crippen LogP contribution in [0.2, 0.25) is 0 Å². The molecule has 5 nitrogen and oxygen atoms in total. The van der Waals surface area contributed by atoms with Gasteiger partial charge in [-0.05, 0) is 88.4 Å². The normalized spacial score (nSPS) is 14.9. The van der Waals surface area contributed by atoms with Crippen molar-refractivity contribution < 1.29 is 23.8 Å². The molecule has 0 spiro atoms. The van der Waals surface area contributed by atoms with Gasteiger partial charge in [-0.15, -0.1) is 0 Å². The second kappa shape index (κ2) is 10.2. The number of rotatable bonds is 6. The largest absolute Gasteiger partial charge is 0.478 e. The van der Waals surface area contributed by atoms with Gasteiger partial charge < -0.3 is 14.7 Å². The van der Waals surface area contributed by atoms with Crippen molar-refractivity contribution in [1.29, 1.82) is 0 Å². The minimum Gasteiger partial charge on any atom is -0.478 e. The van der Waals surface area contributed by atoms with E-state index in [1.54, 1.807) is 36.4 Å². The average molecular weight is 466 g/mol. The number of hydrogen-bond acceptors (Lipinski definition) is 4. The second-order valence-corrected chi connectivity index (χ2v) is 9.61. The molecule has 0 amide bonds. The number of carboxylic acids is 1. The Balaban J connectivity index is 1.91. The predicted molar refractivity (Wildman–Crippen MR) is 133 cm³/mol. The number of benzene rings is 2. The molecule has 1 heterocycles. The van der Waals surface area contributed by atoms with E-state index >= 15 is 0 Å². The number of carbonyl (C=O) groups excluding carboxylic acids is 1. The molecule has 0 aromatic heterocycles. The summed E-state index contributed by atoms with van der Waals surface area (Å²) in [4.78, 5) is 26.2. The number of aryl methyl sites for hydroxylation is 1. The lowest BCUT2D eigenvalue weighted by molar-refractivity contribution is 0.00689. The molecular formula is C28H32FNO4. The number of halogens is 1. The standard InChI is InChI=1S/C28H32FNO4/c1-18(23-10-6-7-11-24(23)27(33)34-28(3,4)5)15-22(19(2)29)17-30-14-8-9-20-16-21(26(31)32)12-13-25(20)30/h6-7,10-13,15-16H,8-9,14,17H2,1-5H3,(H,31,32)/b18-15+,22-19-. The first-order chi connectivity index (χ1) is 16.0. The van der Waals surface area contributed by atoms with Crippen LogP contribution in [0.4, 0.5) is 10.1 Å². The number of esters is 1. The summed E-state index contributed by atoms with van der Waals surface area (Å²) in [5.41, 5.74) is 3.91. The number of nitrogens with zero attached hydrogens (tertiary/aromatic N) is 1. The zero-order valence-corrected chi connectivity index (χ0v) is 20.4. The maximum Gasteiger partial charge on any atom is 0.339 e. The van der Waals surface area contributed by atoms with E-state index in [-0.39, 0.29) is 11.4 Å². The van der Waals surface area contributed by atoms with Crippen LogP contribution >= 0.6 is 0 Å². The molecule has 0 radical (unpaired) electrons. The lowest BCUT2D eigenvalue weighted by Gasteiger charge is -2.32. The highest BCUT2D eigenvalue weighted by atomic mass is 19.1. The van der Waals surface area contributed by atoms with Crippen LogP contribution in [0, 0.1) is 0 Å². The summed E-state index contributed by atoms with van der Waals surface area (Å²) >= 11 is 0. The molecule has 6 heteroatoms. The Hall–Kier alpha value is -3.41. The van der Waals surface area contributed by atoms with Crippen molar-refractivity contribution in [3.8, 4) is 0 Å². The van der Waals surface area contributed by atoms with Crippen molar-refractivity contribution in [3.05, 3.63) is 82.2 Å². The topological polar surface area (TPSA) is 66.8 Å². The van der Waals surface area contributed by atoms with Crippen LogP contribution in [0.5, 0.6) is 0 Å². The third kappa shape index (κ3) is 6.13. The smallest absolute Gasteiger partial charge is 0.339 e. The van der Waals surface area contributed by atoms with Crippen molar-refractivity contribution in [2.45, 2.75) is 53.1 Å². The van der Waals surface area contributed by atoms with Crippen LogP contribution in [-0.4, -0.2) is 35.7 Å². The third-order valence-electron chi connectivity index (χ3n) is 5.71. The first-order valence-electron chi connectivity index (χ1n) is 11.4. The molecule has 0 fully saturated rings. The van der Waals surface area contributed by atoms with Gasteiger partial charge in [0, 0.05) is 24.4 Å². The van der Waals surface area contributed by atoms with Crippen molar-refractivity contribution >= 4 is 23.2 Å². The number of carbonyl (C=O) groups is 2. The molecule has 0 unspecified atom stereocenters. The molecular weight excluding hydrogens is 433 g/mol. The van der Waals surface area contributed by atoms with Crippen LogP contribution in [-0.2, 0) is 11.2 Å². The monoisotopic (exact) mass is 465 g/mol. The molecule has 2 aromatic carbocycles. The van der Waals surface area contributed by atoms with Crippen LogP contribution in [0.1, 0.15) is 72.9 Å². The van der Waals surface area contributed by atoms with Gasteiger partial charge in [-0.25, -0.2) is 14.0 Å². The Morgan fingerprint density at radius 2 is 1.79 bits per heavy atom. The summed E-state index contributed by atoms with van der Waals surface area (Å²) in [6.45, 7) is 9.83. The number of anilines is 1. The maximum atomic E-state index is 14.7. The molecule has 1 N–H and O–H groups in total. The van der Waals surface area contributed by atoms with Gasteiger partial charge in [0.1, 0.15) is 11.4 Å². The lowest BCUT2D eigenvalue weighted by atomic mass is 9.96. The number of allylic oxidation sites excluding steroid dienone is 2. The van der Waals surface area contributed by atoms with Crippen LogP contribution in [0.15, 0.2) is 59.9 Å². The summed E-state index contributed by atoms with van der Waals surface area (Å²) < 4.78 is 20.2. The van der Waals surface area contributed by atoms with Crippen LogP contribution in [0.25, 0.3) is 5.57 Å². The van der Waals surface area contributed by atoms with E-state index in [0.717, 1.165) is 36.2 Å². The highest BCUT2D eigenvalue weighted by Crippen LogP contribution is 2.30. The highest BCUT2D eigenvalue weighted by Gasteiger charge is 2.22. The molecule has 1 aliphatic rings. The Bertz CT molecular complexity index is 1150. The quantitative estimate of drug-likeness (QED) is 0.393. The minimum atomic E-state index is -0.956. The van der Waals surface area contributed by atoms with Crippen molar-refractivity contribution in [2.24, 2.45) is 0 Å². The summed E-state index contributed by atoms with van der Waals surface area (Å²) in [5.74, 6) is -1.68. The summed E-state index contributed by atoms with van der Waals surface area (Å²) in [5, 5.41) is 9.29. The van der Waals surface area contributed by atoms with Crippen LogP contribution in [0.3, 0.4) is 0 Å². The van der Waals surface area contributed by atoms with Crippen molar-refractivity contribution in [3.63, 3.8) is 0 Å². The maximum absolute atomic E-state index is 14.7. The predicted octanol–water partition coefficient (Wildman–Crippen LogP) is 6.44. The Kier molecular flexibility index (Phi) is 7.60. The van der Waals surface area contributed by atoms with E-state index in [9.17, 15) is 19.1 Å². The third-order valence-corrected chi connectivity index (χ3v) is 5.71. The van der Waals surface area contributed by atoms with Gasteiger partial charge in [0.2, 0.25) is 0 Å². The first-order valence-corrected chi connectivity index (χ1v) is 11.4. The molecule has 0 bridgehead atoms. The number of hydrogen-bond donors (Lipinski definition) is 1. The zero-order chi connectivity index (χ0) is 25.0. The summed E-state index contributed by atoms with van der Waals surface area (Å²) in [6, 6.07) is 12.3. The van der Waals surface area contributed by atoms with Gasteiger partial charge >= 0.3 is 11.9 Å². The molecule has 0 saturated heterocycles. The Morgan fingerprint density at radius 1 is 1.12 bits per heavy atom. The fraction of sp³-hybridized carbons (Fsp3) is 0.357. The minimum absolute atomic E-state index is 0.257.